The minimum atomic E-state index is -1.52. The van der Waals surface area contributed by atoms with Crippen LogP contribution in [-0.2, 0) is 19.0 Å². The van der Waals surface area contributed by atoms with E-state index in [0.29, 0.717) is 6.42 Å². The zero-order valence-corrected chi connectivity index (χ0v) is 17.5. The van der Waals surface area contributed by atoms with Gasteiger partial charge in [-0.15, -0.1) is 0 Å². The zero-order chi connectivity index (χ0) is 22.0. The summed E-state index contributed by atoms with van der Waals surface area (Å²) in [5.41, 5.74) is -0.367. The average Bonchev–Trinajstić information content (AvgIpc) is 3.05. The third-order valence-electron chi connectivity index (χ3n) is 8.15. The molecule has 30 heavy (non-hydrogen) atoms. The second-order valence-corrected chi connectivity index (χ2v) is 9.59. The zero-order valence-electron chi connectivity index (χ0n) is 17.5. The molecule has 0 radical (unpaired) electrons. The molecule has 0 aromatic carbocycles. The highest BCUT2D eigenvalue weighted by molar-refractivity contribution is 5.78. The Morgan fingerprint density at radius 1 is 1.17 bits per heavy atom. The van der Waals surface area contributed by atoms with Gasteiger partial charge in [0.15, 0.2) is 12.4 Å². The molecule has 2 saturated heterocycles. The first kappa shape index (κ1) is 22.1. The third kappa shape index (κ3) is 2.91. The number of hydrogen-bond acceptors (Lipinski definition) is 9. The smallest absolute Gasteiger partial charge is 0.336 e. The quantitative estimate of drug-likeness (QED) is 0.284. The van der Waals surface area contributed by atoms with Gasteiger partial charge in [0.2, 0.25) is 0 Å². The molecule has 1 spiro atoms. The predicted octanol–water partition coefficient (Wildman–Crippen LogP) is -0.912. The normalized spacial score (nSPS) is 53.1. The highest BCUT2D eigenvalue weighted by atomic mass is 16.7. The predicted molar refractivity (Wildman–Crippen MR) is 102 cm³/mol. The highest BCUT2D eigenvalue weighted by Gasteiger charge is 2.66. The maximum atomic E-state index is 12.4. The molecule has 9 nitrogen and oxygen atoms in total. The average molecular weight is 428 g/mol. The minimum Gasteiger partial charge on any atom is -0.460 e. The van der Waals surface area contributed by atoms with Gasteiger partial charge in [-0.2, -0.15) is 0 Å². The Bertz CT molecular complexity index is 723. The van der Waals surface area contributed by atoms with E-state index in [-0.39, 0.29) is 24.5 Å². The number of aliphatic hydroxyl groups excluding tert-OH is 5. The number of carbonyl (C=O) groups is 1. The summed E-state index contributed by atoms with van der Waals surface area (Å²) in [5, 5.41) is 50.5. The summed E-state index contributed by atoms with van der Waals surface area (Å²) in [4.78, 5) is 12.4. The molecular weight excluding hydrogens is 396 g/mol. The fourth-order valence-electron chi connectivity index (χ4n) is 5.97. The van der Waals surface area contributed by atoms with Crippen molar-refractivity contribution in [2.24, 2.45) is 22.7 Å². The maximum Gasteiger partial charge on any atom is 0.336 e. The summed E-state index contributed by atoms with van der Waals surface area (Å²) < 4.78 is 16.9. The van der Waals surface area contributed by atoms with Crippen molar-refractivity contribution in [2.75, 3.05) is 13.2 Å². The van der Waals surface area contributed by atoms with Crippen LogP contribution in [0.25, 0.3) is 0 Å². The van der Waals surface area contributed by atoms with Crippen molar-refractivity contribution in [1.82, 2.24) is 0 Å². The van der Waals surface area contributed by atoms with Crippen LogP contribution in [-0.4, -0.2) is 87.6 Å². The van der Waals surface area contributed by atoms with Gasteiger partial charge in [0.25, 0.3) is 0 Å². The number of esters is 1. The van der Waals surface area contributed by atoms with E-state index < -0.39 is 60.2 Å². The van der Waals surface area contributed by atoms with Crippen molar-refractivity contribution >= 4 is 5.97 Å². The van der Waals surface area contributed by atoms with Gasteiger partial charge in [-0.3, -0.25) is 0 Å². The van der Waals surface area contributed by atoms with Gasteiger partial charge in [0.05, 0.1) is 13.2 Å². The lowest BCUT2D eigenvalue weighted by Crippen LogP contribution is -2.64. The molecule has 0 aromatic rings. The number of ether oxygens (including phenoxy) is 3. The fourth-order valence-corrected chi connectivity index (χ4v) is 5.97. The molecule has 0 aromatic heterocycles. The van der Waals surface area contributed by atoms with Crippen LogP contribution in [0.4, 0.5) is 0 Å². The number of allylic oxidation sites excluding steroid dienone is 1. The number of aliphatic hydroxyl groups is 5. The lowest BCUT2D eigenvalue weighted by molar-refractivity contribution is -0.308. The molecule has 0 amide bonds. The first-order valence-electron chi connectivity index (χ1n) is 10.6. The molecule has 2 bridgehead atoms. The molecule has 4 aliphatic rings. The summed E-state index contributed by atoms with van der Waals surface area (Å²) in [6.07, 6.45) is -4.99. The topological polar surface area (TPSA) is 146 Å². The van der Waals surface area contributed by atoms with Crippen LogP contribution in [0.5, 0.6) is 0 Å². The molecule has 3 fully saturated rings. The van der Waals surface area contributed by atoms with E-state index in [4.69, 9.17) is 14.2 Å². The van der Waals surface area contributed by atoms with E-state index in [1.807, 2.05) is 20.8 Å². The van der Waals surface area contributed by atoms with Gasteiger partial charge >= 0.3 is 5.97 Å². The van der Waals surface area contributed by atoms with Crippen molar-refractivity contribution in [3.05, 3.63) is 11.6 Å². The standard InChI is InChI=1S/C21H32O9/c1-9-4-5-13-20(3,10(2)11-6-21(9,13)17(26)18(27)29-11)8-28-19-16(25)15(24)14(23)12(7-22)30-19/h5,9-12,14-17,19,22-26H,4,6-8H2,1-3H3/t9?,10?,11?,12-,14-,15+,16-,17?,19-,20?,21?/m1/s1. The molecular formula is C21H32O9. The van der Waals surface area contributed by atoms with Crippen LogP contribution in [0, 0.1) is 22.7 Å². The number of fused-ring (bicyclic) bond motifs is 1. The Morgan fingerprint density at radius 3 is 2.53 bits per heavy atom. The molecule has 2 heterocycles. The fraction of sp³-hybridized carbons (Fsp3) is 0.857. The van der Waals surface area contributed by atoms with Crippen molar-refractivity contribution in [2.45, 2.75) is 76.5 Å². The van der Waals surface area contributed by atoms with Gasteiger partial charge < -0.3 is 39.7 Å². The van der Waals surface area contributed by atoms with Crippen LogP contribution in [0.15, 0.2) is 11.6 Å². The van der Waals surface area contributed by atoms with Crippen LogP contribution < -0.4 is 0 Å². The first-order valence-corrected chi connectivity index (χ1v) is 10.6. The molecule has 170 valence electrons. The van der Waals surface area contributed by atoms with Gasteiger partial charge in [-0.1, -0.05) is 32.4 Å². The number of rotatable bonds is 4. The minimum absolute atomic E-state index is 0.0666. The van der Waals surface area contributed by atoms with Crippen molar-refractivity contribution in [1.29, 1.82) is 0 Å². The Balaban J connectivity index is 1.60. The van der Waals surface area contributed by atoms with E-state index in [1.165, 1.54) is 0 Å². The molecule has 1 saturated carbocycles. The van der Waals surface area contributed by atoms with Crippen LogP contribution in [0.2, 0.25) is 0 Å². The highest BCUT2D eigenvalue weighted by Crippen LogP contribution is 2.64. The van der Waals surface area contributed by atoms with Crippen molar-refractivity contribution < 1.29 is 44.5 Å². The molecule has 2 aliphatic heterocycles. The Morgan fingerprint density at radius 2 is 1.87 bits per heavy atom. The van der Waals surface area contributed by atoms with E-state index in [1.54, 1.807) is 0 Å². The van der Waals surface area contributed by atoms with E-state index in [0.717, 1.165) is 12.0 Å². The second kappa shape index (κ2) is 7.51. The largest absolute Gasteiger partial charge is 0.460 e. The second-order valence-electron chi connectivity index (χ2n) is 9.59. The maximum absolute atomic E-state index is 12.4. The molecule has 5 N–H and O–H groups in total. The molecule has 6 unspecified atom stereocenters. The SMILES string of the molecule is CC1C2CC3(C(=CCC3C)C1(C)CO[C@@H]1O[C@H](CO)[C@@H](O)[C@H](O)[C@H]1O)C(O)C(=O)O2. The van der Waals surface area contributed by atoms with Crippen molar-refractivity contribution in [3.8, 4) is 0 Å². The Labute approximate surface area is 175 Å². The summed E-state index contributed by atoms with van der Waals surface area (Å²) in [7, 11) is 0. The summed E-state index contributed by atoms with van der Waals surface area (Å²) in [5.74, 6) is -0.643. The molecule has 11 atom stereocenters. The molecule has 4 rings (SSSR count). The first-order chi connectivity index (χ1) is 14.1. The Kier molecular flexibility index (Phi) is 5.54. The summed E-state index contributed by atoms with van der Waals surface area (Å²) in [6.45, 7) is 5.53. The Hall–Kier alpha value is -1.07. The van der Waals surface area contributed by atoms with Crippen LogP contribution in [0.3, 0.4) is 0 Å². The number of carbonyl (C=O) groups excluding carboxylic acids is 1. The van der Waals surface area contributed by atoms with Gasteiger partial charge in [-0.25, -0.2) is 4.79 Å². The molecule has 9 heteroatoms. The lowest BCUT2D eigenvalue weighted by atomic mass is 9.50. The lowest BCUT2D eigenvalue weighted by Gasteiger charge is -2.58. The van der Waals surface area contributed by atoms with Crippen LogP contribution >= 0.6 is 0 Å². The van der Waals surface area contributed by atoms with E-state index >= 15 is 0 Å². The van der Waals surface area contributed by atoms with E-state index in [9.17, 15) is 30.3 Å². The molecule has 2 aliphatic carbocycles. The number of hydrogen-bond donors (Lipinski definition) is 5. The summed E-state index contributed by atoms with van der Waals surface area (Å²) >= 11 is 0. The van der Waals surface area contributed by atoms with Crippen LogP contribution in [0.1, 0.15) is 33.6 Å². The van der Waals surface area contributed by atoms with Gasteiger partial charge in [0.1, 0.15) is 30.5 Å². The van der Waals surface area contributed by atoms with E-state index in [2.05, 4.69) is 6.08 Å². The monoisotopic (exact) mass is 428 g/mol. The van der Waals surface area contributed by atoms with Crippen molar-refractivity contribution in [3.63, 3.8) is 0 Å². The van der Waals surface area contributed by atoms with Gasteiger partial charge in [-0.05, 0) is 18.8 Å². The summed E-state index contributed by atoms with van der Waals surface area (Å²) in [6, 6.07) is 0. The van der Waals surface area contributed by atoms with Gasteiger partial charge in [0, 0.05) is 16.7 Å². The third-order valence-corrected chi connectivity index (χ3v) is 8.15.